The van der Waals surface area contributed by atoms with Crippen LogP contribution in [-0.4, -0.2) is 16.2 Å². The Hall–Kier alpha value is -1.19. The molecule has 0 spiro atoms. The van der Waals surface area contributed by atoms with Crippen LogP contribution in [0.4, 0.5) is 0 Å². The molecule has 1 aromatic heterocycles. The molecule has 2 aromatic rings. The zero-order valence-electron chi connectivity index (χ0n) is 12.9. The Balaban J connectivity index is 1.72. The number of hydrogen-bond donors (Lipinski definition) is 0. The maximum absolute atomic E-state index is 6.26. The van der Waals surface area contributed by atoms with Crippen molar-refractivity contribution in [3.05, 3.63) is 46.5 Å². The SMILES string of the molecule is CCCc1cc(Cl)c(OCCCCCn2ccnc2)c(Cl)c1. The van der Waals surface area contributed by atoms with Crippen LogP contribution in [0.2, 0.25) is 10.0 Å². The summed E-state index contributed by atoms with van der Waals surface area (Å²) >= 11 is 12.5. The molecule has 2 rings (SSSR count). The summed E-state index contributed by atoms with van der Waals surface area (Å²) in [6, 6.07) is 3.90. The van der Waals surface area contributed by atoms with Crippen molar-refractivity contribution in [2.75, 3.05) is 6.61 Å². The molecule has 0 unspecified atom stereocenters. The predicted molar refractivity (Wildman–Crippen MR) is 92.0 cm³/mol. The summed E-state index contributed by atoms with van der Waals surface area (Å²) in [6.07, 6.45) is 10.9. The van der Waals surface area contributed by atoms with E-state index in [9.17, 15) is 0 Å². The van der Waals surface area contributed by atoms with Gasteiger partial charge in [-0.1, -0.05) is 36.5 Å². The molecule has 0 amide bonds. The summed E-state index contributed by atoms with van der Waals surface area (Å²) in [5, 5.41) is 1.21. The Bertz CT molecular complexity index is 547. The van der Waals surface area contributed by atoms with E-state index in [2.05, 4.69) is 16.5 Å². The van der Waals surface area contributed by atoms with Gasteiger partial charge >= 0.3 is 0 Å². The van der Waals surface area contributed by atoms with E-state index in [0.29, 0.717) is 22.4 Å². The molecule has 0 atom stereocenters. The Kier molecular flexibility index (Phi) is 7.07. The van der Waals surface area contributed by atoms with Crippen LogP contribution in [0.3, 0.4) is 0 Å². The minimum absolute atomic E-state index is 0.606. The molecule has 3 nitrogen and oxygen atoms in total. The van der Waals surface area contributed by atoms with Crippen LogP contribution < -0.4 is 4.74 Å². The van der Waals surface area contributed by atoms with Crippen LogP contribution in [0.25, 0.3) is 0 Å². The Labute approximate surface area is 142 Å². The normalized spacial score (nSPS) is 10.9. The van der Waals surface area contributed by atoms with Gasteiger partial charge in [0, 0.05) is 18.9 Å². The van der Waals surface area contributed by atoms with E-state index in [4.69, 9.17) is 27.9 Å². The highest BCUT2D eigenvalue weighted by molar-refractivity contribution is 6.37. The number of nitrogens with zero attached hydrogens (tertiary/aromatic N) is 2. The molecule has 22 heavy (non-hydrogen) atoms. The molecule has 0 aliphatic rings. The fourth-order valence-corrected chi connectivity index (χ4v) is 2.99. The molecule has 0 bridgehead atoms. The molecule has 120 valence electrons. The third-order valence-corrected chi connectivity index (χ3v) is 4.02. The maximum atomic E-state index is 6.26. The minimum atomic E-state index is 0.606. The Morgan fingerprint density at radius 1 is 1.14 bits per heavy atom. The van der Waals surface area contributed by atoms with Crippen LogP contribution >= 0.6 is 23.2 Å². The number of unbranched alkanes of at least 4 members (excludes halogenated alkanes) is 2. The van der Waals surface area contributed by atoms with Gasteiger partial charge in [0.15, 0.2) is 5.75 Å². The zero-order valence-corrected chi connectivity index (χ0v) is 14.4. The quantitative estimate of drug-likeness (QED) is 0.572. The molecule has 5 heteroatoms. The summed E-state index contributed by atoms with van der Waals surface area (Å²) in [5.41, 5.74) is 1.16. The second-order valence-electron chi connectivity index (χ2n) is 5.35. The van der Waals surface area contributed by atoms with E-state index >= 15 is 0 Å². The summed E-state index contributed by atoms with van der Waals surface area (Å²) in [6.45, 7) is 3.76. The number of rotatable bonds is 9. The fourth-order valence-electron chi connectivity index (χ4n) is 2.35. The molecule has 0 aliphatic carbocycles. The summed E-state index contributed by atoms with van der Waals surface area (Å²) in [5.74, 6) is 0.609. The fraction of sp³-hybridized carbons (Fsp3) is 0.471. The average molecular weight is 341 g/mol. The summed E-state index contributed by atoms with van der Waals surface area (Å²) in [4.78, 5) is 4.03. The number of halogens is 2. The lowest BCUT2D eigenvalue weighted by Crippen LogP contribution is -2.01. The highest BCUT2D eigenvalue weighted by Gasteiger charge is 2.09. The van der Waals surface area contributed by atoms with E-state index in [0.717, 1.165) is 44.2 Å². The number of ether oxygens (including phenoxy) is 1. The van der Waals surface area contributed by atoms with E-state index in [-0.39, 0.29) is 0 Å². The average Bonchev–Trinajstić information content (AvgIpc) is 2.98. The largest absolute Gasteiger partial charge is 0.490 e. The lowest BCUT2D eigenvalue weighted by Gasteiger charge is -2.11. The van der Waals surface area contributed by atoms with Gasteiger partial charge in [0.05, 0.1) is 23.0 Å². The van der Waals surface area contributed by atoms with Gasteiger partial charge in [-0.2, -0.15) is 0 Å². The van der Waals surface area contributed by atoms with Crippen LogP contribution in [0.1, 0.15) is 38.2 Å². The molecule has 0 radical (unpaired) electrons. The van der Waals surface area contributed by atoms with Crippen LogP contribution in [0.5, 0.6) is 5.75 Å². The monoisotopic (exact) mass is 340 g/mol. The van der Waals surface area contributed by atoms with Crippen molar-refractivity contribution in [1.29, 1.82) is 0 Å². The third kappa shape index (κ3) is 5.22. The minimum Gasteiger partial charge on any atom is -0.490 e. The lowest BCUT2D eigenvalue weighted by atomic mass is 10.1. The molecule has 0 aliphatic heterocycles. The van der Waals surface area contributed by atoms with Crippen molar-refractivity contribution in [2.24, 2.45) is 0 Å². The molecule has 0 N–H and O–H groups in total. The summed E-state index contributed by atoms with van der Waals surface area (Å²) < 4.78 is 7.84. The second-order valence-corrected chi connectivity index (χ2v) is 6.16. The molecule has 0 saturated carbocycles. The van der Waals surface area contributed by atoms with Gasteiger partial charge < -0.3 is 9.30 Å². The van der Waals surface area contributed by atoms with Gasteiger partial charge in [0.1, 0.15) is 0 Å². The summed E-state index contributed by atoms with van der Waals surface area (Å²) in [7, 11) is 0. The first kappa shape index (κ1) is 17.2. The van der Waals surface area contributed by atoms with Crippen molar-refractivity contribution in [3.8, 4) is 5.75 Å². The van der Waals surface area contributed by atoms with Gasteiger partial charge in [-0.3, -0.25) is 0 Å². The van der Waals surface area contributed by atoms with Gasteiger partial charge in [-0.05, 0) is 43.4 Å². The highest BCUT2D eigenvalue weighted by atomic mass is 35.5. The van der Waals surface area contributed by atoms with Crippen molar-refractivity contribution >= 4 is 23.2 Å². The van der Waals surface area contributed by atoms with Crippen LogP contribution in [0.15, 0.2) is 30.9 Å². The third-order valence-electron chi connectivity index (χ3n) is 3.46. The van der Waals surface area contributed by atoms with Crippen LogP contribution in [-0.2, 0) is 13.0 Å². The van der Waals surface area contributed by atoms with E-state index in [1.807, 2.05) is 24.7 Å². The number of benzene rings is 1. The number of aromatic nitrogens is 2. The lowest BCUT2D eigenvalue weighted by molar-refractivity contribution is 0.304. The van der Waals surface area contributed by atoms with Gasteiger partial charge in [0.25, 0.3) is 0 Å². The van der Waals surface area contributed by atoms with E-state index in [1.165, 1.54) is 0 Å². The van der Waals surface area contributed by atoms with E-state index in [1.54, 1.807) is 6.20 Å². The molecule has 0 saturated heterocycles. The smallest absolute Gasteiger partial charge is 0.156 e. The number of hydrogen-bond acceptors (Lipinski definition) is 2. The van der Waals surface area contributed by atoms with Crippen molar-refractivity contribution in [3.63, 3.8) is 0 Å². The maximum Gasteiger partial charge on any atom is 0.156 e. The topological polar surface area (TPSA) is 27.1 Å². The zero-order chi connectivity index (χ0) is 15.8. The second kappa shape index (κ2) is 9.06. The van der Waals surface area contributed by atoms with Crippen molar-refractivity contribution < 1.29 is 4.74 Å². The molecular weight excluding hydrogens is 319 g/mol. The molecular formula is C17H22Cl2N2O. The number of aryl methyl sites for hydroxylation is 2. The first-order valence-corrected chi connectivity index (χ1v) is 8.52. The predicted octanol–water partition coefficient (Wildman–Crippen LogP) is 5.39. The standard InChI is InChI=1S/C17H22Cl2N2O/c1-2-6-14-11-15(18)17(16(19)12-14)22-10-5-3-4-8-21-9-7-20-13-21/h7,9,11-13H,2-6,8,10H2,1H3. The van der Waals surface area contributed by atoms with Gasteiger partial charge in [-0.25, -0.2) is 4.98 Å². The Morgan fingerprint density at radius 2 is 1.91 bits per heavy atom. The first-order valence-electron chi connectivity index (χ1n) is 7.77. The van der Waals surface area contributed by atoms with Crippen LogP contribution in [0, 0.1) is 0 Å². The first-order chi connectivity index (χ1) is 10.7. The molecule has 1 heterocycles. The van der Waals surface area contributed by atoms with Gasteiger partial charge in [-0.15, -0.1) is 0 Å². The highest BCUT2D eigenvalue weighted by Crippen LogP contribution is 2.34. The van der Waals surface area contributed by atoms with Crippen molar-refractivity contribution in [1.82, 2.24) is 9.55 Å². The molecule has 0 fully saturated rings. The number of imidazole rings is 1. The van der Waals surface area contributed by atoms with E-state index < -0.39 is 0 Å². The Morgan fingerprint density at radius 3 is 2.55 bits per heavy atom. The molecule has 1 aromatic carbocycles. The van der Waals surface area contributed by atoms with Gasteiger partial charge in [0.2, 0.25) is 0 Å². The van der Waals surface area contributed by atoms with Crippen molar-refractivity contribution in [2.45, 2.75) is 45.6 Å².